The first-order chi connectivity index (χ1) is 8.33. The first-order valence-electron chi connectivity index (χ1n) is 5.78. The van der Waals surface area contributed by atoms with E-state index in [4.69, 9.17) is 14.2 Å². The van der Waals surface area contributed by atoms with E-state index in [1.165, 1.54) is 0 Å². The third kappa shape index (κ3) is 2.24. The van der Waals surface area contributed by atoms with Gasteiger partial charge >= 0.3 is 0 Å². The van der Waals surface area contributed by atoms with Gasteiger partial charge in [0.05, 0.1) is 12.7 Å². The van der Waals surface area contributed by atoms with E-state index in [1.54, 1.807) is 0 Å². The van der Waals surface area contributed by atoms with Crippen molar-refractivity contribution in [2.45, 2.75) is 24.9 Å². The lowest BCUT2D eigenvalue weighted by Gasteiger charge is -2.38. The highest BCUT2D eigenvalue weighted by molar-refractivity contribution is 5.80. The van der Waals surface area contributed by atoms with Gasteiger partial charge in [-0.25, -0.2) is 0 Å². The summed E-state index contributed by atoms with van der Waals surface area (Å²) >= 11 is 0. The number of rotatable bonds is 1. The topological polar surface area (TPSA) is 44.8 Å². The summed E-state index contributed by atoms with van der Waals surface area (Å²) in [6, 6.07) is 9.74. The average Bonchev–Trinajstić information content (AvgIpc) is 2.39. The summed E-state index contributed by atoms with van der Waals surface area (Å²) in [4.78, 5) is 11.3. The number of ether oxygens (including phenoxy) is 3. The lowest BCUT2D eigenvalue weighted by atomic mass is 10.0. The maximum absolute atomic E-state index is 11.3. The summed E-state index contributed by atoms with van der Waals surface area (Å²) in [6.45, 7) is 0.668. The zero-order valence-corrected chi connectivity index (χ0v) is 9.37. The Morgan fingerprint density at radius 2 is 1.88 bits per heavy atom. The van der Waals surface area contributed by atoms with Gasteiger partial charge in [-0.3, -0.25) is 4.79 Å². The fraction of sp³-hybridized carbons (Fsp3) is 0.462. The Hall–Kier alpha value is -1.23. The summed E-state index contributed by atoms with van der Waals surface area (Å²) in [5, 5.41) is 0. The minimum Gasteiger partial charge on any atom is -0.365 e. The minimum absolute atomic E-state index is 0.0972. The number of hydrogen-bond donors (Lipinski definition) is 0. The molecule has 2 aliphatic heterocycles. The van der Waals surface area contributed by atoms with E-state index in [2.05, 4.69) is 0 Å². The molecule has 17 heavy (non-hydrogen) atoms. The maximum Gasteiger partial charge on any atom is 0.184 e. The smallest absolute Gasteiger partial charge is 0.184 e. The van der Waals surface area contributed by atoms with E-state index in [9.17, 15) is 4.79 Å². The van der Waals surface area contributed by atoms with E-state index in [0.717, 1.165) is 5.56 Å². The highest BCUT2D eigenvalue weighted by Crippen LogP contribution is 2.30. The molecule has 0 radical (unpaired) electrons. The Morgan fingerprint density at radius 1 is 1.06 bits per heavy atom. The zero-order valence-electron chi connectivity index (χ0n) is 9.37. The number of carbonyl (C=O) groups is 1. The van der Waals surface area contributed by atoms with E-state index in [0.29, 0.717) is 13.0 Å². The van der Waals surface area contributed by atoms with Gasteiger partial charge in [0, 0.05) is 12.0 Å². The van der Waals surface area contributed by atoms with Gasteiger partial charge in [0.25, 0.3) is 0 Å². The molecule has 90 valence electrons. The fourth-order valence-corrected chi connectivity index (χ4v) is 2.18. The van der Waals surface area contributed by atoms with Crippen LogP contribution in [-0.4, -0.2) is 31.2 Å². The van der Waals surface area contributed by atoms with Gasteiger partial charge in [-0.15, -0.1) is 0 Å². The van der Waals surface area contributed by atoms with E-state index >= 15 is 0 Å². The van der Waals surface area contributed by atoms with Gasteiger partial charge in [0.2, 0.25) is 0 Å². The van der Waals surface area contributed by atoms with Gasteiger partial charge in [-0.05, 0) is 0 Å². The second-order valence-electron chi connectivity index (χ2n) is 4.34. The van der Waals surface area contributed by atoms with Crippen LogP contribution in [0.3, 0.4) is 0 Å². The Bertz CT molecular complexity index is 403. The molecule has 1 aromatic rings. The fourth-order valence-electron chi connectivity index (χ4n) is 2.18. The van der Waals surface area contributed by atoms with Gasteiger partial charge in [-0.2, -0.15) is 0 Å². The van der Waals surface area contributed by atoms with Crippen LogP contribution in [0.4, 0.5) is 0 Å². The maximum atomic E-state index is 11.3. The lowest BCUT2D eigenvalue weighted by molar-refractivity contribution is -0.272. The number of carbonyl (C=O) groups excluding carboxylic acids is 1. The molecule has 0 saturated carbocycles. The highest BCUT2D eigenvalue weighted by Gasteiger charge is 2.37. The molecule has 2 heterocycles. The van der Waals surface area contributed by atoms with Crippen LogP contribution in [-0.2, 0) is 19.0 Å². The molecule has 0 unspecified atom stereocenters. The molecule has 1 aromatic carbocycles. The number of ketones is 1. The Balaban J connectivity index is 1.72. The summed E-state index contributed by atoms with van der Waals surface area (Å²) < 4.78 is 16.8. The predicted octanol–water partition coefficient (Wildman–Crippen LogP) is 1.46. The van der Waals surface area contributed by atoms with Gasteiger partial charge < -0.3 is 14.2 Å². The number of Topliss-reactive ketones (excluding diaryl/α,β-unsaturated/α-hetero) is 1. The molecule has 2 aliphatic rings. The number of fused-ring (bicyclic) bond motifs is 1. The Kier molecular flexibility index (Phi) is 2.93. The third-order valence-electron chi connectivity index (χ3n) is 3.08. The van der Waals surface area contributed by atoms with Crippen LogP contribution >= 0.6 is 0 Å². The highest BCUT2D eigenvalue weighted by atomic mass is 16.7. The second kappa shape index (κ2) is 4.56. The minimum atomic E-state index is -0.382. The van der Waals surface area contributed by atoms with Gasteiger partial charge in [0.1, 0.15) is 12.7 Å². The monoisotopic (exact) mass is 234 g/mol. The number of benzene rings is 1. The van der Waals surface area contributed by atoms with Crippen LogP contribution in [0.5, 0.6) is 0 Å². The van der Waals surface area contributed by atoms with Gasteiger partial charge in [0.15, 0.2) is 12.1 Å². The van der Waals surface area contributed by atoms with E-state index in [1.807, 2.05) is 30.3 Å². The molecule has 4 nitrogen and oxygen atoms in total. The van der Waals surface area contributed by atoms with Gasteiger partial charge in [-0.1, -0.05) is 30.3 Å². The summed E-state index contributed by atoms with van der Waals surface area (Å²) in [7, 11) is 0. The van der Waals surface area contributed by atoms with Crippen molar-refractivity contribution in [3.63, 3.8) is 0 Å². The molecule has 3 atom stereocenters. The molecule has 0 bridgehead atoms. The van der Waals surface area contributed by atoms with Crippen molar-refractivity contribution in [1.82, 2.24) is 0 Å². The van der Waals surface area contributed by atoms with Crippen molar-refractivity contribution in [3.05, 3.63) is 35.9 Å². The van der Waals surface area contributed by atoms with E-state index in [-0.39, 0.29) is 30.9 Å². The Morgan fingerprint density at radius 3 is 2.71 bits per heavy atom. The summed E-state index contributed by atoms with van der Waals surface area (Å²) in [6.07, 6.45) is -0.230. The van der Waals surface area contributed by atoms with Crippen molar-refractivity contribution in [2.24, 2.45) is 0 Å². The molecule has 4 heteroatoms. The quantitative estimate of drug-likeness (QED) is 0.738. The summed E-state index contributed by atoms with van der Waals surface area (Å²) in [5.74, 6) is 0.0972. The van der Waals surface area contributed by atoms with Crippen LogP contribution in [0, 0.1) is 0 Å². The molecule has 2 fully saturated rings. The third-order valence-corrected chi connectivity index (χ3v) is 3.08. The van der Waals surface area contributed by atoms with Crippen LogP contribution < -0.4 is 0 Å². The number of hydrogen-bond acceptors (Lipinski definition) is 4. The molecule has 2 saturated heterocycles. The predicted molar refractivity (Wildman–Crippen MR) is 59.4 cm³/mol. The zero-order chi connectivity index (χ0) is 11.7. The molecular formula is C13H14O4. The largest absolute Gasteiger partial charge is 0.365 e. The standard InChI is InChI=1S/C13H14O4/c14-10-6-11-12(15-7-10)8-16-13(17-11)9-4-2-1-3-5-9/h1-5,11-13H,6-8H2/t11-,12-,13-/m1/s1. The van der Waals surface area contributed by atoms with E-state index < -0.39 is 0 Å². The van der Waals surface area contributed by atoms with Crippen molar-refractivity contribution in [1.29, 1.82) is 0 Å². The van der Waals surface area contributed by atoms with Crippen molar-refractivity contribution in [2.75, 3.05) is 13.2 Å². The second-order valence-corrected chi connectivity index (χ2v) is 4.34. The first-order valence-corrected chi connectivity index (χ1v) is 5.78. The summed E-state index contributed by atoms with van der Waals surface area (Å²) in [5.41, 5.74) is 0.976. The SMILES string of the molecule is O=C1CO[C@@H]2CO[C@@H](c3ccccc3)O[C@@H]2C1. The molecule has 3 rings (SSSR count). The molecule has 0 aromatic heterocycles. The van der Waals surface area contributed by atoms with Crippen LogP contribution in [0.25, 0.3) is 0 Å². The molecule has 0 amide bonds. The molecule has 0 spiro atoms. The Labute approximate surface area is 99.5 Å². The van der Waals surface area contributed by atoms with Crippen molar-refractivity contribution < 1.29 is 19.0 Å². The normalized spacial score (nSPS) is 33.2. The average molecular weight is 234 g/mol. The lowest BCUT2D eigenvalue weighted by Crippen LogP contribution is -2.47. The van der Waals surface area contributed by atoms with Crippen molar-refractivity contribution >= 4 is 5.78 Å². The molecule has 0 N–H and O–H groups in total. The van der Waals surface area contributed by atoms with Crippen molar-refractivity contribution in [3.8, 4) is 0 Å². The molecular weight excluding hydrogens is 220 g/mol. The molecule has 0 aliphatic carbocycles. The first kappa shape index (κ1) is 10.9. The van der Waals surface area contributed by atoms with Crippen LogP contribution in [0.2, 0.25) is 0 Å². The van der Waals surface area contributed by atoms with Crippen LogP contribution in [0.15, 0.2) is 30.3 Å². The van der Waals surface area contributed by atoms with Crippen LogP contribution in [0.1, 0.15) is 18.3 Å².